The van der Waals surface area contributed by atoms with Gasteiger partial charge in [-0.05, 0) is 85.4 Å². The van der Waals surface area contributed by atoms with Gasteiger partial charge in [-0.2, -0.15) is 0 Å². The van der Waals surface area contributed by atoms with E-state index in [9.17, 15) is 15.4 Å². The molecule has 0 heterocycles. The molecule has 1 spiro atoms. The Labute approximate surface area is 151 Å². The Morgan fingerprint density at radius 2 is 1.76 bits per heavy atom. The van der Waals surface area contributed by atoms with Crippen LogP contribution in [0.15, 0.2) is 5.16 Å². The highest BCUT2D eigenvalue weighted by Gasteiger charge is 2.69. The molecule has 7 atom stereocenters. The van der Waals surface area contributed by atoms with E-state index < -0.39 is 5.41 Å². The molecule has 4 aliphatic rings. The quantitative estimate of drug-likeness (QED) is 0.524. The Morgan fingerprint density at radius 3 is 2.40 bits per heavy atom. The number of hydrogen-bond donors (Lipinski definition) is 3. The third-order valence-electron chi connectivity index (χ3n) is 9.92. The minimum Gasteiger partial charge on any atom is -0.411 e. The van der Waals surface area contributed by atoms with Gasteiger partial charge >= 0.3 is 0 Å². The molecule has 25 heavy (non-hydrogen) atoms. The molecule has 142 valence electrons. The van der Waals surface area contributed by atoms with Crippen LogP contribution in [-0.4, -0.2) is 34.3 Å². The lowest BCUT2D eigenvalue weighted by Gasteiger charge is -2.65. The summed E-state index contributed by atoms with van der Waals surface area (Å²) < 4.78 is 0. The molecule has 0 radical (unpaired) electrons. The van der Waals surface area contributed by atoms with Crippen molar-refractivity contribution in [1.29, 1.82) is 0 Å². The van der Waals surface area contributed by atoms with Gasteiger partial charge in [0.15, 0.2) is 0 Å². The number of aliphatic hydroxyl groups excluding tert-OH is 2. The van der Waals surface area contributed by atoms with Crippen LogP contribution in [0.25, 0.3) is 0 Å². The molecule has 0 aromatic heterocycles. The van der Waals surface area contributed by atoms with Gasteiger partial charge in [0, 0.05) is 12.0 Å². The van der Waals surface area contributed by atoms with E-state index >= 15 is 0 Å². The Hall–Kier alpha value is -0.610. The van der Waals surface area contributed by atoms with Crippen LogP contribution < -0.4 is 0 Å². The predicted molar refractivity (Wildman–Crippen MR) is 97.6 cm³/mol. The van der Waals surface area contributed by atoms with Crippen molar-refractivity contribution in [2.45, 2.75) is 72.1 Å². The van der Waals surface area contributed by atoms with Crippen LogP contribution >= 0.6 is 0 Å². The average molecular weight is 350 g/mol. The standard InChI is InChI=1S/C21H35NO3/c1-18(12-23)8-9-21-11-15(18)10-14(21)4-5-16-19(2,13-24)17(22-25)6-7-20(16,21)3/h14-16,23-25H,4-13H2,1-3H3/b22-17-/t14-,15+,16-,18+,19-,20-,21-/m1/s1. The first-order valence-corrected chi connectivity index (χ1v) is 10.2. The van der Waals surface area contributed by atoms with Crippen molar-refractivity contribution in [1.82, 2.24) is 0 Å². The number of hydrogen-bond acceptors (Lipinski definition) is 4. The Morgan fingerprint density at radius 1 is 1.00 bits per heavy atom. The van der Waals surface area contributed by atoms with Gasteiger partial charge in [0.25, 0.3) is 0 Å². The van der Waals surface area contributed by atoms with Crippen LogP contribution in [0.1, 0.15) is 72.1 Å². The minimum atomic E-state index is -0.392. The Kier molecular flexibility index (Phi) is 3.88. The number of rotatable bonds is 2. The van der Waals surface area contributed by atoms with Crippen molar-refractivity contribution < 1.29 is 15.4 Å². The highest BCUT2D eigenvalue weighted by Crippen LogP contribution is 2.75. The normalized spacial score (nSPS) is 56.5. The highest BCUT2D eigenvalue weighted by atomic mass is 16.4. The van der Waals surface area contributed by atoms with E-state index in [1.807, 2.05) is 0 Å². The van der Waals surface area contributed by atoms with E-state index in [4.69, 9.17) is 0 Å². The Bertz CT molecular complexity index is 592. The molecule has 4 heteroatoms. The molecule has 4 aliphatic carbocycles. The first-order chi connectivity index (χ1) is 11.8. The van der Waals surface area contributed by atoms with Gasteiger partial charge in [-0.1, -0.05) is 25.9 Å². The zero-order valence-electron chi connectivity index (χ0n) is 16.1. The van der Waals surface area contributed by atoms with Gasteiger partial charge in [0.2, 0.25) is 0 Å². The molecule has 0 aromatic rings. The van der Waals surface area contributed by atoms with E-state index in [2.05, 4.69) is 25.9 Å². The summed E-state index contributed by atoms with van der Waals surface area (Å²) in [7, 11) is 0. The third kappa shape index (κ3) is 1.99. The summed E-state index contributed by atoms with van der Waals surface area (Å²) in [5.41, 5.74) is 1.07. The monoisotopic (exact) mass is 349 g/mol. The van der Waals surface area contributed by atoms with E-state index in [0.29, 0.717) is 23.9 Å². The molecule has 0 saturated heterocycles. The predicted octanol–water partition coefficient (Wildman–Crippen LogP) is 3.83. The third-order valence-corrected chi connectivity index (χ3v) is 9.92. The molecule has 0 amide bonds. The van der Waals surface area contributed by atoms with Gasteiger partial charge < -0.3 is 15.4 Å². The maximum Gasteiger partial charge on any atom is 0.0655 e. The van der Waals surface area contributed by atoms with E-state index in [0.717, 1.165) is 37.3 Å². The summed E-state index contributed by atoms with van der Waals surface area (Å²) in [6, 6.07) is 0. The fourth-order valence-electron chi connectivity index (χ4n) is 8.10. The second-order valence-corrected chi connectivity index (χ2v) is 10.5. The van der Waals surface area contributed by atoms with Crippen LogP contribution in [0.2, 0.25) is 0 Å². The second kappa shape index (κ2) is 5.45. The average Bonchev–Trinajstić information content (AvgIpc) is 2.96. The molecular formula is C21H35NO3. The summed E-state index contributed by atoms with van der Waals surface area (Å²) in [4.78, 5) is 0. The van der Waals surface area contributed by atoms with E-state index in [-0.39, 0.29) is 17.4 Å². The molecule has 4 saturated carbocycles. The fraction of sp³-hybridized carbons (Fsp3) is 0.952. The molecule has 4 fully saturated rings. The maximum atomic E-state index is 10.3. The van der Waals surface area contributed by atoms with Crippen molar-refractivity contribution >= 4 is 5.71 Å². The first kappa shape index (κ1) is 17.8. The Balaban J connectivity index is 1.76. The zero-order chi connectivity index (χ0) is 18.1. The molecule has 0 unspecified atom stereocenters. The molecular weight excluding hydrogens is 314 g/mol. The summed E-state index contributed by atoms with van der Waals surface area (Å²) in [6.07, 6.45) is 9.09. The lowest BCUT2D eigenvalue weighted by molar-refractivity contribution is -0.151. The van der Waals surface area contributed by atoms with Crippen LogP contribution in [0, 0.1) is 39.4 Å². The van der Waals surface area contributed by atoms with Crippen molar-refractivity contribution in [3.63, 3.8) is 0 Å². The van der Waals surface area contributed by atoms with Crippen molar-refractivity contribution in [3.05, 3.63) is 0 Å². The fourth-order valence-corrected chi connectivity index (χ4v) is 8.10. The summed E-state index contributed by atoms with van der Waals surface area (Å²) in [6.45, 7) is 7.28. The van der Waals surface area contributed by atoms with Gasteiger partial charge in [0.05, 0.1) is 12.3 Å². The summed E-state index contributed by atoms with van der Waals surface area (Å²) in [5, 5.41) is 33.4. The highest BCUT2D eigenvalue weighted by molar-refractivity contribution is 5.91. The molecule has 0 aromatic carbocycles. The SMILES string of the molecule is C[C@@]1(CO)CC[C@@]23C[C@@H]1C[C@H]2CC[C@@H]1[C@@](C)(CO)/C(=N\O)CC[C@]13C. The lowest BCUT2D eigenvalue weighted by Crippen LogP contribution is -2.61. The largest absolute Gasteiger partial charge is 0.411 e. The number of oxime groups is 1. The van der Waals surface area contributed by atoms with Gasteiger partial charge in [0.1, 0.15) is 0 Å². The molecule has 2 bridgehead atoms. The molecule has 4 nitrogen and oxygen atoms in total. The van der Waals surface area contributed by atoms with Crippen LogP contribution in [0.3, 0.4) is 0 Å². The van der Waals surface area contributed by atoms with Gasteiger partial charge in [-0.15, -0.1) is 0 Å². The van der Waals surface area contributed by atoms with Crippen LogP contribution in [-0.2, 0) is 0 Å². The molecule has 0 aliphatic heterocycles. The maximum absolute atomic E-state index is 10.3. The topological polar surface area (TPSA) is 73.0 Å². The smallest absolute Gasteiger partial charge is 0.0655 e. The first-order valence-electron chi connectivity index (χ1n) is 10.2. The van der Waals surface area contributed by atoms with Crippen LogP contribution in [0.5, 0.6) is 0 Å². The summed E-state index contributed by atoms with van der Waals surface area (Å²) in [5.74, 6) is 1.79. The lowest BCUT2D eigenvalue weighted by atomic mass is 9.39. The molecule has 3 N–H and O–H groups in total. The van der Waals surface area contributed by atoms with Crippen molar-refractivity contribution in [2.24, 2.45) is 44.6 Å². The second-order valence-electron chi connectivity index (χ2n) is 10.5. The van der Waals surface area contributed by atoms with Gasteiger partial charge in [-0.25, -0.2) is 0 Å². The number of nitrogens with zero attached hydrogens (tertiary/aromatic N) is 1. The minimum absolute atomic E-state index is 0.0746. The van der Waals surface area contributed by atoms with Gasteiger partial charge in [-0.3, -0.25) is 0 Å². The number of aliphatic hydroxyl groups is 2. The van der Waals surface area contributed by atoms with E-state index in [1.54, 1.807) is 0 Å². The van der Waals surface area contributed by atoms with Crippen LogP contribution in [0.4, 0.5) is 0 Å². The van der Waals surface area contributed by atoms with Crippen molar-refractivity contribution in [3.8, 4) is 0 Å². The zero-order valence-corrected chi connectivity index (χ0v) is 16.1. The molecule has 4 rings (SSSR count). The van der Waals surface area contributed by atoms with Crippen molar-refractivity contribution in [2.75, 3.05) is 13.2 Å². The summed E-state index contributed by atoms with van der Waals surface area (Å²) >= 11 is 0. The van der Waals surface area contributed by atoms with E-state index in [1.165, 1.54) is 25.7 Å². The number of fused-ring (bicyclic) bond motifs is 2.